The van der Waals surface area contributed by atoms with Crippen molar-refractivity contribution in [2.24, 2.45) is 17.8 Å². The Bertz CT molecular complexity index is 951. The molecule has 2 unspecified atom stereocenters. The van der Waals surface area contributed by atoms with Crippen molar-refractivity contribution in [2.45, 2.75) is 88.4 Å². The molecule has 0 radical (unpaired) electrons. The van der Waals surface area contributed by atoms with E-state index in [0.29, 0.717) is 19.6 Å². The lowest BCUT2D eigenvalue weighted by Crippen LogP contribution is -2.59. The van der Waals surface area contributed by atoms with Crippen LogP contribution in [0.5, 0.6) is 0 Å². The lowest BCUT2D eigenvalue weighted by atomic mass is 9.74. The minimum absolute atomic E-state index is 0.000858. The number of thioether (sulfide) groups is 1. The highest BCUT2D eigenvalue weighted by Gasteiger charge is 2.74. The van der Waals surface area contributed by atoms with Crippen LogP contribution in [0.3, 0.4) is 0 Å². The molecule has 4 aliphatic rings. The number of likely N-dealkylation sites (tertiary alicyclic amines) is 1. The number of fused-ring (bicyclic) bond motifs is 2. The van der Waals surface area contributed by atoms with Gasteiger partial charge in [-0.1, -0.05) is 58.4 Å². The van der Waals surface area contributed by atoms with Gasteiger partial charge in [0.25, 0.3) is 0 Å². The predicted molar refractivity (Wildman–Crippen MR) is 143 cm³/mol. The van der Waals surface area contributed by atoms with Crippen molar-refractivity contribution in [3.63, 3.8) is 0 Å². The van der Waals surface area contributed by atoms with Crippen LogP contribution in [0.15, 0.2) is 24.3 Å². The summed E-state index contributed by atoms with van der Waals surface area (Å²) in [6, 6.07) is -1.19. The molecule has 36 heavy (non-hydrogen) atoms. The average Bonchev–Trinajstić information content (AvgIpc) is 3.08. The maximum Gasteiger partial charge on any atom is 0.247 e. The van der Waals surface area contributed by atoms with Gasteiger partial charge in [-0.25, -0.2) is 0 Å². The summed E-state index contributed by atoms with van der Waals surface area (Å²) in [6.07, 6.45) is 10.9. The SMILES string of the molecule is CCCC(C)N1CC=C[C@]23S[C@@]4(C)C=CCN(CCC)C(=O)[C@H]4[C@H]2C(=O)N([C@@H](CO)C(C)C)C3C1=O. The molecule has 2 fully saturated rings. The number of carbonyl (C=O) groups excluding carboxylic acids is 3. The van der Waals surface area contributed by atoms with Crippen LogP contribution < -0.4 is 0 Å². The van der Waals surface area contributed by atoms with Crippen LogP contribution >= 0.6 is 11.8 Å². The molecule has 0 aromatic rings. The number of aliphatic hydroxyl groups is 1. The van der Waals surface area contributed by atoms with Crippen LogP contribution in [-0.2, 0) is 14.4 Å². The number of aliphatic hydroxyl groups excluding tert-OH is 1. The standard InChI is InChI=1S/C28H43N3O4S/c1-7-11-19(5)30-16-10-13-28-22(25(34)31(23(28)26(30)35)20(17-32)18(3)4)21-24(33)29(14-8-2)15-9-12-27(21,6)36-28/h9-10,12-13,18-23,32H,7-8,11,14-17H2,1-6H3/t19?,20-,21+,22-,23?,27-,28-/m0/s1. The van der Waals surface area contributed by atoms with Crippen LogP contribution in [-0.4, -0.2) is 91.4 Å². The minimum Gasteiger partial charge on any atom is -0.394 e. The Labute approximate surface area is 220 Å². The fraction of sp³-hybridized carbons (Fsp3) is 0.750. The molecule has 8 heteroatoms. The van der Waals surface area contributed by atoms with Crippen molar-refractivity contribution >= 4 is 29.5 Å². The summed E-state index contributed by atoms with van der Waals surface area (Å²) in [6.45, 7) is 13.7. The molecule has 0 aromatic carbocycles. The van der Waals surface area contributed by atoms with Crippen molar-refractivity contribution in [1.82, 2.24) is 14.7 Å². The molecule has 1 spiro atoms. The lowest BCUT2D eigenvalue weighted by Gasteiger charge is -2.41. The highest BCUT2D eigenvalue weighted by atomic mass is 32.2. The Balaban J connectivity index is 1.89. The number of carbonyl (C=O) groups is 3. The van der Waals surface area contributed by atoms with Gasteiger partial charge in [0, 0.05) is 30.4 Å². The van der Waals surface area contributed by atoms with Crippen LogP contribution in [0.1, 0.15) is 60.8 Å². The summed E-state index contributed by atoms with van der Waals surface area (Å²) in [5, 5.41) is 10.4. The van der Waals surface area contributed by atoms with Crippen LogP contribution in [0, 0.1) is 17.8 Å². The van der Waals surface area contributed by atoms with E-state index in [2.05, 4.69) is 45.9 Å². The van der Waals surface area contributed by atoms with Gasteiger partial charge in [0.15, 0.2) is 0 Å². The first-order chi connectivity index (χ1) is 17.1. The molecule has 0 aromatic heterocycles. The molecule has 7 nitrogen and oxygen atoms in total. The predicted octanol–water partition coefficient (Wildman–Crippen LogP) is 3.09. The second kappa shape index (κ2) is 10.2. The average molecular weight is 518 g/mol. The van der Waals surface area contributed by atoms with E-state index in [1.807, 2.05) is 29.7 Å². The summed E-state index contributed by atoms with van der Waals surface area (Å²) >= 11 is 1.61. The van der Waals surface area contributed by atoms with Crippen molar-refractivity contribution in [2.75, 3.05) is 26.2 Å². The molecular weight excluding hydrogens is 474 g/mol. The van der Waals surface area contributed by atoms with Crippen LogP contribution in [0.4, 0.5) is 0 Å². The van der Waals surface area contributed by atoms with Gasteiger partial charge in [-0.15, -0.1) is 11.8 Å². The molecule has 1 N–H and O–H groups in total. The maximum atomic E-state index is 14.4. The third-order valence-corrected chi connectivity index (χ3v) is 10.5. The van der Waals surface area contributed by atoms with Gasteiger partial charge in [0.05, 0.1) is 29.2 Å². The van der Waals surface area contributed by atoms with Gasteiger partial charge < -0.3 is 19.8 Å². The number of hydrogen-bond acceptors (Lipinski definition) is 5. The molecule has 4 heterocycles. The summed E-state index contributed by atoms with van der Waals surface area (Å²) in [7, 11) is 0. The zero-order chi connectivity index (χ0) is 26.4. The fourth-order valence-electron chi connectivity index (χ4n) is 6.95. The maximum absolute atomic E-state index is 14.4. The third-order valence-electron chi connectivity index (χ3n) is 8.66. The van der Waals surface area contributed by atoms with E-state index in [9.17, 15) is 19.5 Å². The van der Waals surface area contributed by atoms with Crippen molar-refractivity contribution in [3.05, 3.63) is 24.3 Å². The Hall–Kier alpha value is -1.80. The first-order valence-electron chi connectivity index (χ1n) is 13.7. The van der Waals surface area contributed by atoms with Crippen molar-refractivity contribution < 1.29 is 19.5 Å². The van der Waals surface area contributed by atoms with Gasteiger partial charge in [-0.2, -0.15) is 0 Å². The van der Waals surface area contributed by atoms with E-state index in [1.54, 1.807) is 16.7 Å². The second-order valence-electron chi connectivity index (χ2n) is 11.5. The van der Waals surface area contributed by atoms with E-state index in [-0.39, 0.29) is 36.3 Å². The monoisotopic (exact) mass is 517 g/mol. The normalized spacial score (nSPS) is 35.6. The Morgan fingerprint density at radius 3 is 2.31 bits per heavy atom. The van der Waals surface area contributed by atoms with E-state index in [0.717, 1.165) is 19.3 Å². The second-order valence-corrected chi connectivity index (χ2v) is 13.2. The smallest absolute Gasteiger partial charge is 0.247 e. The Morgan fingerprint density at radius 2 is 1.69 bits per heavy atom. The first-order valence-corrected chi connectivity index (χ1v) is 14.5. The van der Waals surface area contributed by atoms with Gasteiger partial charge >= 0.3 is 0 Å². The molecule has 0 bridgehead atoms. The van der Waals surface area contributed by atoms with E-state index in [4.69, 9.17) is 0 Å². The summed E-state index contributed by atoms with van der Waals surface area (Å²) < 4.78 is -1.45. The molecule has 7 atom stereocenters. The highest BCUT2D eigenvalue weighted by Crippen LogP contribution is 2.66. The molecular formula is C28H43N3O4S. The Morgan fingerprint density at radius 1 is 1.00 bits per heavy atom. The number of nitrogens with zero attached hydrogens (tertiary/aromatic N) is 3. The Kier molecular flexibility index (Phi) is 7.69. The molecule has 2 saturated heterocycles. The summed E-state index contributed by atoms with van der Waals surface area (Å²) in [5.41, 5.74) is 0. The molecule has 0 aliphatic carbocycles. The molecule has 200 valence electrons. The topological polar surface area (TPSA) is 81.2 Å². The van der Waals surface area contributed by atoms with Crippen LogP contribution in [0.2, 0.25) is 0 Å². The number of rotatable bonds is 8. The largest absolute Gasteiger partial charge is 0.394 e. The summed E-state index contributed by atoms with van der Waals surface area (Å²) in [5.74, 6) is -1.48. The molecule has 4 aliphatic heterocycles. The quantitative estimate of drug-likeness (QED) is 0.501. The lowest BCUT2D eigenvalue weighted by molar-refractivity contribution is -0.148. The highest BCUT2D eigenvalue weighted by molar-refractivity contribution is 8.02. The zero-order valence-corrected chi connectivity index (χ0v) is 23.5. The first kappa shape index (κ1) is 27.2. The van der Waals surface area contributed by atoms with Crippen molar-refractivity contribution in [3.8, 4) is 0 Å². The third kappa shape index (κ3) is 4.03. The number of amides is 3. The van der Waals surface area contributed by atoms with E-state index in [1.165, 1.54) is 0 Å². The fourth-order valence-corrected chi connectivity index (χ4v) is 9.09. The minimum atomic E-state index is -0.855. The molecule has 0 saturated carbocycles. The number of hydrogen-bond donors (Lipinski definition) is 1. The molecule has 3 amide bonds. The summed E-state index contributed by atoms with van der Waals surface area (Å²) in [4.78, 5) is 48.3. The van der Waals surface area contributed by atoms with E-state index >= 15 is 0 Å². The molecule has 4 rings (SSSR count). The van der Waals surface area contributed by atoms with Crippen LogP contribution in [0.25, 0.3) is 0 Å². The van der Waals surface area contributed by atoms with Gasteiger partial charge in [0.2, 0.25) is 17.7 Å². The zero-order valence-electron chi connectivity index (χ0n) is 22.6. The van der Waals surface area contributed by atoms with E-state index < -0.39 is 33.4 Å². The van der Waals surface area contributed by atoms with Gasteiger partial charge in [-0.3, -0.25) is 14.4 Å². The van der Waals surface area contributed by atoms with Gasteiger partial charge in [0.1, 0.15) is 6.04 Å². The van der Waals surface area contributed by atoms with Crippen molar-refractivity contribution in [1.29, 1.82) is 0 Å². The van der Waals surface area contributed by atoms with Gasteiger partial charge in [-0.05, 0) is 32.6 Å².